The van der Waals surface area contributed by atoms with Crippen LogP contribution in [0.1, 0.15) is 12.0 Å². The number of benzene rings is 2. The maximum atomic E-state index is 13.1. The zero-order valence-electron chi connectivity index (χ0n) is 18.1. The highest BCUT2D eigenvalue weighted by Gasteiger charge is 2.19. The van der Waals surface area contributed by atoms with Gasteiger partial charge in [0.05, 0.1) is 30.5 Å². The molecule has 0 unspecified atom stereocenters. The first kappa shape index (κ1) is 24.2. The fourth-order valence-corrected chi connectivity index (χ4v) is 4.51. The summed E-state index contributed by atoms with van der Waals surface area (Å²) in [6.07, 6.45) is 4.37. The molecule has 0 radical (unpaired) electrons. The standard InChI is InChI=1S/C24H27N3O3S.ClH/c1-29-20-9-10-22-21(18-20)25-24(31-22)27(13-5-12-26-14-16-30-17-15-26)23(28)11-8-19-6-3-2-4-7-19;/h2-4,6-11,18H,5,12-17H2,1H3;1H/b11-8+;. The number of methoxy groups -OCH3 is 1. The monoisotopic (exact) mass is 473 g/mol. The summed E-state index contributed by atoms with van der Waals surface area (Å²) < 4.78 is 11.8. The van der Waals surface area contributed by atoms with E-state index in [1.807, 2.05) is 54.6 Å². The molecule has 8 heteroatoms. The lowest BCUT2D eigenvalue weighted by atomic mass is 10.2. The Balaban J connectivity index is 0.00000289. The number of halogens is 1. The Hall–Kier alpha value is -2.45. The third kappa shape index (κ3) is 6.29. The lowest BCUT2D eigenvalue weighted by Crippen LogP contribution is -2.39. The second kappa shape index (κ2) is 12.0. The largest absolute Gasteiger partial charge is 0.497 e. The van der Waals surface area contributed by atoms with Crippen molar-refractivity contribution in [2.45, 2.75) is 6.42 Å². The minimum Gasteiger partial charge on any atom is -0.497 e. The van der Waals surface area contributed by atoms with Gasteiger partial charge in [-0.3, -0.25) is 14.6 Å². The molecule has 1 fully saturated rings. The van der Waals surface area contributed by atoms with Gasteiger partial charge in [0.15, 0.2) is 5.13 Å². The van der Waals surface area contributed by atoms with E-state index in [2.05, 4.69) is 4.90 Å². The molecule has 2 heterocycles. The molecule has 0 N–H and O–H groups in total. The van der Waals surface area contributed by atoms with E-state index < -0.39 is 0 Å². The molecule has 1 aromatic heterocycles. The predicted molar refractivity (Wildman–Crippen MR) is 133 cm³/mol. The molecule has 170 valence electrons. The number of aromatic nitrogens is 1. The Labute approximate surface area is 198 Å². The summed E-state index contributed by atoms with van der Waals surface area (Å²) in [7, 11) is 1.64. The average molecular weight is 474 g/mol. The summed E-state index contributed by atoms with van der Waals surface area (Å²) in [4.78, 5) is 22.1. The SMILES string of the molecule is COc1ccc2sc(N(CCCN3CCOCC3)C(=O)/C=C/c3ccccc3)nc2c1.Cl. The summed E-state index contributed by atoms with van der Waals surface area (Å²) in [5.74, 6) is 0.704. The third-order valence-corrected chi connectivity index (χ3v) is 6.32. The van der Waals surface area contributed by atoms with Crippen molar-refractivity contribution in [3.05, 3.63) is 60.2 Å². The Morgan fingerprint density at radius 1 is 1.22 bits per heavy atom. The number of hydrogen-bond donors (Lipinski definition) is 0. The normalized spacial score (nSPS) is 14.4. The van der Waals surface area contributed by atoms with Crippen LogP contribution >= 0.6 is 23.7 Å². The van der Waals surface area contributed by atoms with Gasteiger partial charge >= 0.3 is 0 Å². The number of anilines is 1. The molecule has 0 saturated carbocycles. The first-order valence-electron chi connectivity index (χ1n) is 10.5. The highest BCUT2D eigenvalue weighted by Crippen LogP contribution is 2.31. The van der Waals surface area contributed by atoms with Crippen LogP contribution in [-0.4, -0.2) is 62.3 Å². The van der Waals surface area contributed by atoms with E-state index in [4.69, 9.17) is 14.5 Å². The van der Waals surface area contributed by atoms with Crippen LogP contribution in [0, 0.1) is 0 Å². The van der Waals surface area contributed by atoms with Crippen molar-refractivity contribution >= 4 is 51.1 Å². The van der Waals surface area contributed by atoms with Gasteiger partial charge < -0.3 is 9.47 Å². The van der Waals surface area contributed by atoms with Crippen molar-refractivity contribution in [1.29, 1.82) is 0 Å². The molecule has 4 rings (SSSR count). The fourth-order valence-electron chi connectivity index (χ4n) is 3.54. The van der Waals surface area contributed by atoms with Crippen LogP contribution in [0.4, 0.5) is 5.13 Å². The maximum absolute atomic E-state index is 13.1. The second-order valence-electron chi connectivity index (χ2n) is 7.37. The molecule has 0 spiro atoms. The molecule has 0 aliphatic carbocycles. The van der Waals surface area contributed by atoms with E-state index in [9.17, 15) is 4.79 Å². The van der Waals surface area contributed by atoms with Crippen molar-refractivity contribution in [3.63, 3.8) is 0 Å². The van der Waals surface area contributed by atoms with Gasteiger partial charge in [0.1, 0.15) is 5.75 Å². The van der Waals surface area contributed by atoms with Gasteiger partial charge in [-0.25, -0.2) is 4.98 Å². The molecule has 6 nitrogen and oxygen atoms in total. The van der Waals surface area contributed by atoms with Gasteiger partial charge in [-0.1, -0.05) is 41.7 Å². The number of carbonyl (C=O) groups is 1. The number of thiazole rings is 1. The van der Waals surface area contributed by atoms with Gasteiger partial charge in [0, 0.05) is 38.3 Å². The number of amides is 1. The maximum Gasteiger partial charge on any atom is 0.252 e. The Kier molecular flexibility index (Phi) is 9.05. The van der Waals surface area contributed by atoms with Crippen molar-refractivity contribution in [1.82, 2.24) is 9.88 Å². The highest BCUT2D eigenvalue weighted by atomic mass is 35.5. The molecular formula is C24H28ClN3O3S. The van der Waals surface area contributed by atoms with Crippen LogP contribution in [-0.2, 0) is 9.53 Å². The first-order chi connectivity index (χ1) is 15.2. The number of hydrogen-bond acceptors (Lipinski definition) is 6. The second-order valence-corrected chi connectivity index (χ2v) is 8.38. The minimum atomic E-state index is -0.0585. The summed E-state index contributed by atoms with van der Waals surface area (Å²) >= 11 is 1.53. The van der Waals surface area contributed by atoms with Gasteiger partial charge in [-0.05, 0) is 30.2 Å². The zero-order chi connectivity index (χ0) is 21.5. The molecule has 2 aromatic carbocycles. The summed E-state index contributed by atoms with van der Waals surface area (Å²) in [5, 5.41) is 0.716. The van der Waals surface area contributed by atoms with E-state index in [0.717, 1.165) is 60.8 Å². The minimum absolute atomic E-state index is 0. The topological polar surface area (TPSA) is 54.9 Å². The van der Waals surface area contributed by atoms with Gasteiger partial charge in [0.2, 0.25) is 0 Å². The molecule has 0 atom stereocenters. The molecular weight excluding hydrogens is 446 g/mol. The van der Waals surface area contributed by atoms with E-state index in [1.165, 1.54) is 11.3 Å². The summed E-state index contributed by atoms with van der Waals surface area (Å²) in [5.41, 5.74) is 1.84. The van der Waals surface area contributed by atoms with E-state index in [1.54, 1.807) is 18.1 Å². The van der Waals surface area contributed by atoms with Crippen LogP contribution in [0.15, 0.2) is 54.6 Å². The van der Waals surface area contributed by atoms with Gasteiger partial charge in [-0.2, -0.15) is 0 Å². The quantitative estimate of drug-likeness (QED) is 0.451. The summed E-state index contributed by atoms with van der Waals surface area (Å²) in [6, 6.07) is 15.7. The number of rotatable bonds is 8. The van der Waals surface area contributed by atoms with E-state index in [-0.39, 0.29) is 18.3 Å². The van der Waals surface area contributed by atoms with Crippen LogP contribution in [0.5, 0.6) is 5.75 Å². The highest BCUT2D eigenvalue weighted by molar-refractivity contribution is 7.22. The lowest BCUT2D eigenvalue weighted by molar-refractivity contribution is -0.114. The smallest absolute Gasteiger partial charge is 0.252 e. The van der Waals surface area contributed by atoms with Crippen molar-refractivity contribution in [3.8, 4) is 5.75 Å². The molecule has 1 aliphatic heterocycles. The number of nitrogens with zero attached hydrogens (tertiary/aromatic N) is 3. The van der Waals surface area contributed by atoms with Gasteiger partial charge in [0.25, 0.3) is 5.91 Å². The lowest BCUT2D eigenvalue weighted by Gasteiger charge is -2.27. The number of ether oxygens (including phenoxy) is 2. The average Bonchev–Trinajstić information content (AvgIpc) is 3.24. The van der Waals surface area contributed by atoms with Crippen LogP contribution < -0.4 is 9.64 Å². The van der Waals surface area contributed by atoms with Crippen molar-refractivity contribution in [2.75, 3.05) is 51.4 Å². The van der Waals surface area contributed by atoms with Crippen LogP contribution in [0.25, 0.3) is 16.3 Å². The number of fused-ring (bicyclic) bond motifs is 1. The summed E-state index contributed by atoms with van der Waals surface area (Å²) in [6.45, 7) is 5.01. The Bertz CT molecular complexity index is 1040. The zero-order valence-corrected chi connectivity index (χ0v) is 19.7. The Morgan fingerprint density at radius 3 is 2.75 bits per heavy atom. The molecule has 1 amide bonds. The molecule has 3 aromatic rings. The predicted octanol–water partition coefficient (Wildman–Crippen LogP) is 4.50. The molecule has 0 bridgehead atoms. The Morgan fingerprint density at radius 2 is 2.00 bits per heavy atom. The van der Waals surface area contributed by atoms with Crippen LogP contribution in [0.3, 0.4) is 0 Å². The third-order valence-electron chi connectivity index (χ3n) is 5.26. The first-order valence-corrected chi connectivity index (χ1v) is 11.3. The van der Waals surface area contributed by atoms with Crippen molar-refractivity contribution < 1.29 is 14.3 Å². The fraction of sp³-hybridized carbons (Fsp3) is 0.333. The molecule has 1 aliphatic rings. The van der Waals surface area contributed by atoms with Gasteiger partial charge in [-0.15, -0.1) is 12.4 Å². The van der Waals surface area contributed by atoms with E-state index in [0.29, 0.717) is 11.7 Å². The van der Waals surface area contributed by atoms with Crippen molar-refractivity contribution in [2.24, 2.45) is 0 Å². The number of morpholine rings is 1. The van der Waals surface area contributed by atoms with E-state index >= 15 is 0 Å². The number of carbonyl (C=O) groups excluding carboxylic acids is 1. The molecule has 32 heavy (non-hydrogen) atoms. The van der Waals surface area contributed by atoms with Crippen LogP contribution in [0.2, 0.25) is 0 Å². The molecule has 1 saturated heterocycles.